The highest BCUT2D eigenvalue weighted by Crippen LogP contribution is 2.39. The summed E-state index contributed by atoms with van der Waals surface area (Å²) in [6.45, 7) is 4.46. The topological polar surface area (TPSA) is 71.3 Å². The molecule has 4 aromatic rings. The van der Waals surface area contributed by atoms with E-state index in [1.807, 2.05) is 50.2 Å². The zero-order valence-corrected chi connectivity index (χ0v) is 23.2. The maximum absolute atomic E-state index is 13.0. The summed E-state index contributed by atoms with van der Waals surface area (Å²) in [5.74, 6) is 0.0116. The zero-order valence-electron chi connectivity index (χ0n) is 21.6. The number of amides is 1. The number of carbonyl (C=O) groups excluding carboxylic acids is 1. The fourth-order valence-corrected chi connectivity index (χ4v) is 4.72. The molecule has 0 fully saturated rings. The number of hydrogen-bond donors (Lipinski definition) is 1. The second-order valence-corrected chi connectivity index (χ2v) is 9.69. The Morgan fingerprint density at radius 3 is 2.55 bits per heavy atom. The molecule has 40 heavy (non-hydrogen) atoms. The standard InChI is InChI=1S/C31H24BrF3N2O3/c1-3-39-28-15-20(13-22(17-36)30(38)37-24-9-6-8-23(16-24)31(33,34)35)14-27(32)29(28)40-18-26-19(2)11-12-21-7-4-5-10-25(21)26/h4-16H,3,18H2,1-2H3,(H,37,38)/b22-13+. The summed E-state index contributed by atoms with van der Waals surface area (Å²) in [6.07, 6.45) is -3.23. The number of ether oxygens (including phenoxy) is 2. The van der Waals surface area contributed by atoms with Crippen molar-refractivity contribution in [2.45, 2.75) is 26.6 Å². The van der Waals surface area contributed by atoms with Crippen molar-refractivity contribution in [1.82, 2.24) is 0 Å². The average molecular weight is 609 g/mol. The number of aryl methyl sites for hydroxylation is 1. The van der Waals surface area contributed by atoms with Crippen LogP contribution in [0.5, 0.6) is 11.5 Å². The van der Waals surface area contributed by atoms with Crippen LogP contribution in [-0.2, 0) is 17.6 Å². The van der Waals surface area contributed by atoms with Crippen LogP contribution in [-0.4, -0.2) is 12.5 Å². The van der Waals surface area contributed by atoms with Gasteiger partial charge < -0.3 is 14.8 Å². The molecule has 0 saturated carbocycles. The van der Waals surface area contributed by atoms with E-state index in [0.29, 0.717) is 28.1 Å². The van der Waals surface area contributed by atoms with Gasteiger partial charge in [-0.3, -0.25) is 4.79 Å². The van der Waals surface area contributed by atoms with Crippen molar-refractivity contribution in [3.8, 4) is 17.6 Å². The van der Waals surface area contributed by atoms with Crippen molar-refractivity contribution < 1.29 is 27.4 Å². The summed E-state index contributed by atoms with van der Waals surface area (Å²) in [7, 11) is 0. The van der Waals surface area contributed by atoms with Crippen molar-refractivity contribution in [3.63, 3.8) is 0 Å². The van der Waals surface area contributed by atoms with Crippen LogP contribution in [0.1, 0.15) is 29.2 Å². The molecule has 0 bridgehead atoms. The number of carbonyl (C=O) groups is 1. The monoisotopic (exact) mass is 608 g/mol. The van der Waals surface area contributed by atoms with E-state index < -0.39 is 17.6 Å². The smallest absolute Gasteiger partial charge is 0.416 e. The zero-order chi connectivity index (χ0) is 28.9. The first kappa shape index (κ1) is 28.7. The number of rotatable bonds is 8. The molecule has 5 nitrogen and oxygen atoms in total. The molecular weight excluding hydrogens is 585 g/mol. The van der Waals surface area contributed by atoms with Gasteiger partial charge in [0.1, 0.15) is 18.2 Å². The van der Waals surface area contributed by atoms with Crippen molar-refractivity contribution in [3.05, 3.63) is 105 Å². The summed E-state index contributed by atoms with van der Waals surface area (Å²) in [6, 6.07) is 21.5. The van der Waals surface area contributed by atoms with Gasteiger partial charge in [0, 0.05) is 11.3 Å². The molecule has 0 spiro atoms. The predicted molar refractivity (Wildman–Crippen MR) is 152 cm³/mol. The maximum Gasteiger partial charge on any atom is 0.416 e. The lowest BCUT2D eigenvalue weighted by molar-refractivity contribution is -0.137. The van der Waals surface area contributed by atoms with Gasteiger partial charge in [-0.25, -0.2) is 0 Å². The van der Waals surface area contributed by atoms with Crippen LogP contribution in [0.4, 0.5) is 18.9 Å². The van der Waals surface area contributed by atoms with E-state index in [9.17, 15) is 23.2 Å². The summed E-state index contributed by atoms with van der Waals surface area (Å²) in [5, 5.41) is 14.2. The van der Waals surface area contributed by atoms with E-state index in [0.717, 1.165) is 34.0 Å². The van der Waals surface area contributed by atoms with Gasteiger partial charge in [0.25, 0.3) is 5.91 Å². The highest BCUT2D eigenvalue weighted by molar-refractivity contribution is 9.10. The maximum atomic E-state index is 13.0. The van der Waals surface area contributed by atoms with Crippen LogP contribution >= 0.6 is 15.9 Å². The van der Waals surface area contributed by atoms with E-state index in [2.05, 4.69) is 27.3 Å². The Bertz CT molecular complexity index is 1640. The highest BCUT2D eigenvalue weighted by Gasteiger charge is 2.30. The fraction of sp³-hybridized carbons (Fsp3) is 0.161. The number of nitrogens with zero attached hydrogens (tertiary/aromatic N) is 1. The molecule has 4 rings (SSSR count). The molecule has 204 valence electrons. The minimum Gasteiger partial charge on any atom is -0.490 e. The Hall–Kier alpha value is -4.29. The first-order valence-corrected chi connectivity index (χ1v) is 13.1. The van der Waals surface area contributed by atoms with Crippen LogP contribution in [0.3, 0.4) is 0 Å². The summed E-state index contributed by atoms with van der Waals surface area (Å²) in [4.78, 5) is 12.7. The lowest BCUT2D eigenvalue weighted by atomic mass is 10.0. The van der Waals surface area contributed by atoms with Gasteiger partial charge in [-0.1, -0.05) is 42.5 Å². The normalized spacial score (nSPS) is 11.7. The van der Waals surface area contributed by atoms with E-state index in [-0.39, 0.29) is 17.9 Å². The molecule has 0 aliphatic carbocycles. The van der Waals surface area contributed by atoms with E-state index in [1.54, 1.807) is 12.1 Å². The average Bonchev–Trinajstić information content (AvgIpc) is 2.92. The number of hydrogen-bond acceptors (Lipinski definition) is 4. The molecule has 4 aromatic carbocycles. The third-order valence-corrected chi connectivity index (χ3v) is 6.68. The number of nitriles is 1. The number of alkyl halides is 3. The van der Waals surface area contributed by atoms with Crippen molar-refractivity contribution in [1.29, 1.82) is 5.26 Å². The molecule has 1 amide bonds. The molecule has 0 unspecified atom stereocenters. The first-order chi connectivity index (χ1) is 19.1. The first-order valence-electron chi connectivity index (χ1n) is 12.3. The van der Waals surface area contributed by atoms with Crippen LogP contribution in [0.15, 0.2) is 82.8 Å². The van der Waals surface area contributed by atoms with Crippen LogP contribution in [0.2, 0.25) is 0 Å². The Morgan fingerprint density at radius 2 is 1.82 bits per heavy atom. The Kier molecular flexibility index (Phi) is 8.80. The summed E-state index contributed by atoms with van der Waals surface area (Å²) in [5.41, 5.74) is 1.29. The largest absolute Gasteiger partial charge is 0.490 e. The number of halogens is 4. The third kappa shape index (κ3) is 6.64. The minimum atomic E-state index is -4.56. The summed E-state index contributed by atoms with van der Waals surface area (Å²) < 4.78 is 51.6. The van der Waals surface area contributed by atoms with Gasteiger partial charge in [0.15, 0.2) is 11.5 Å². The van der Waals surface area contributed by atoms with Gasteiger partial charge >= 0.3 is 6.18 Å². The van der Waals surface area contributed by atoms with Gasteiger partial charge in [-0.15, -0.1) is 0 Å². The number of anilines is 1. The molecular formula is C31H24BrF3N2O3. The van der Waals surface area contributed by atoms with E-state index in [4.69, 9.17) is 9.47 Å². The lowest BCUT2D eigenvalue weighted by Gasteiger charge is -2.17. The Morgan fingerprint density at radius 1 is 1.05 bits per heavy atom. The van der Waals surface area contributed by atoms with Crippen molar-refractivity contribution >= 4 is 44.4 Å². The number of nitrogens with one attached hydrogen (secondary N) is 1. The van der Waals surface area contributed by atoms with Crippen LogP contribution < -0.4 is 14.8 Å². The van der Waals surface area contributed by atoms with Gasteiger partial charge in [-0.2, -0.15) is 18.4 Å². The van der Waals surface area contributed by atoms with Crippen LogP contribution in [0, 0.1) is 18.3 Å². The number of fused-ring (bicyclic) bond motifs is 1. The minimum absolute atomic E-state index is 0.0790. The van der Waals surface area contributed by atoms with Crippen molar-refractivity contribution in [2.75, 3.05) is 11.9 Å². The molecule has 9 heteroatoms. The second-order valence-electron chi connectivity index (χ2n) is 8.84. The molecule has 0 aliphatic rings. The highest BCUT2D eigenvalue weighted by atomic mass is 79.9. The lowest BCUT2D eigenvalue weighted by Crippen LogP contribution is -2.14. The number of benzene rings is 4. The predicted octanol–water partition coefficient (Wildman–Crippen LogP) is 8.45. The van der Waals surface area contributed by atoms with Crippen LogP contribution in [0.25, 0.3) is 16.8 Å². The van der Waals surface area contributed by atoms with Gasteiger partial charge in [-0.05, 0) is 88.1 Å². The Labute approximate surface area is 238 Å². The second kappa shape index (κ2) is 12.3. The quantitative estimate of drug-likeness (QED) is 0.161. The molecule has 0 atom stereocenters. The molecule has 0 heterocycles. The van der Waals surface area contributed by atoms with E-state index in [1.165, 1.54) is 18.2 Å². The summed E-state index contributed by atoms with van der Waals surface area (Å²) >= 11 is 3.51. The molecule has 1 N–H and O–H groups in total. The SMILES string of the molecule is CCOc1cc(/C=C(\C#N)C(=O)Nc2cccc(C(F)(F)F)c2)cc(Br)c1OCc1c(C)ccc2ccccc12. The van der Waals surface area contributed by atoms with Gasteiger partial charge in [0.05, 0.1) is 16.6 Å². The Balaban J connectivity index is 1.60. The molecule has 0 radical (unpaired) electrons. The fourth-order valence-electron chi connectivity index (χ4n) is 4.14. The molecule has 0 saturated heterocycles. The van der Waals surface area contributed by atoms with E-state index >= 15 is 0 Å². The third-order valence-electron chi connectivity index (χ3n) is 6.09. The molecule has 0 aliphatic heterocycles. The van der Waals surface area contributed by atoms with Crippen molar-refractivity contribution in [2.24, 2.45) is 0 Å². The molecule has 0 aromatic heterocycles. The van der Waals surface area contributed by atoms with Gasteiger partial charge in [0.2, 0.25) is 0 Å².